The molecule has 0 bridgehead atoms. The van der Waals surface area contributed by atoms with Crippen molar-refractivity contribution in [1.29, 1.82) is 0 Å². The molecule has 2 aromatic carbocycles. The number of hydrogen-bond acceptors (Lipinski definition) is 5. The monoisotopic (exact) mass is 428 g/mol. The number of methoxy groups -OCH3 is 1. The number of carbonyl (C=O) groups is 1. The van der Waals surface area contributed by atoms with Crippen LogP contribution < -0.4 is 14.8 Å². The van der Waals surface area contributed by atoms with Gasteiger partial charge in [-0.15, -0.1) is 0 Å². The van der Waals surface area contributed by atoms with Crippen molar-refractivity contribution in [3.05, 3.63) is 70.7 Å². The second-order valence-corrected chi connectivity index (χ2v) is 8.63. The summed E-state index contributed by atoms with van der Waals surface area (Å²) in [5, 5.41) is 2.76. The highest BCUT2D eigenvalue weighted by atomic mass is 32.2. The smallest absolute Gasteiger partial charge is 0.262 e. The van der Waals surface area contributed by atoms with Crippen LogP contribution >= 0.6 is 0 Å². The van der Waals surface area contributed by atoms with E-state index >= 15 is 0 Å². The molecular weight excluding hydrogens is 404 g/mol. The zero-order chi connectivity index (χ0) is 22.1. The summed E-state index contributed by atoms with van der Waals surface area (Å²) in [7, 11) is -2.32. The number of carbonyl (C=O) groups excluding carboxylic acids is 1. The first-order valence-corrected chi connectivity index (χ1v) is 10.8. The van der Waals surface area contributed by atoms with Gasteiger partial charge < -0.3 is 14.5 Å². The molecule has 0 fully saturated rings. The predicted octanol–water partition coefficient (Wildman–Crippen LogP) is 4.57. The first kappa shape index (κ1) is 21.4. The average molecular weight is 429 g/mol. The highest BCUT2D eigenvalue weighted by Crippen LogP contribution is 2.26. The number of nitrogens with one attached hydrogen (secondary N) is 2. The Balaban J connectivity index is 1.87. The number of anilines is 2. The van der Waals surface area contributed by atoms with Gasteiger partial charge in [0, 0.05) is 16.9 Å². The molecule has 158 valence electrons. The summed E-state index contributed by atoms with van der Waals surface area (Å²) in [5.74, 6) is 1.47. The van der Waals surface area contributed by atoms with Crippen molar-refractivity contribution in [3.63, 3.8) is 0 Å². The quantitative estimate of drug-likeness (QED) is 0.599. The lowest BCUT2D eigenvalue weighted by Gasteiger charge is -2.13. The molecule has 0 radical (unpaired) electrons. The highest BCUT2D eigenvalue weighted by Gasteiger charge is 2.21. The van der Waals surface area contributed by atoms with Crippen molar-refractivity contribution in [2.75, 3.05) is 17.1 Å². The maximum absolute atomic E-state index is 12.9. The molecule has 0 aliphatic heterocycles. The number of benzene rings is 2. The van der Waals surface area contributed by atoms with Gasteiger partial charge in [-0.05, 0) is 69.7 Å². The summed E-state index contributed by atoms with van der Waals surface area (Å²) in [6.45, 7) is 7.02. The Kier molecular flexibility index (Phi) is 5.89. The van der Waals surface area contributed by atoms with Gasteiger partial charge in [-0.25, -0.2) is 8.42 Å². The standard InChI is InChI=1S/C22H24N2O5S/c1-13-6-7-18(23-22(25)21-14(2)15(3)29-16(21)4)12-20(13)30(26,27)24-17-8-10-19(28-5)11-9-17/h6-12,24H,1-5H3,(H,23,25). The lowest BCUT2D eigenvalue weighted by Crippen LogP contribution is -2.17. The first-order chi connectivity index (χ1) is 14.1. The largest absolute Gasteiger partial charge is 0.497 e. The van der Waals surface area contributed by atoms with E-state index in [0.717, 1.165) is 5.56 Å². The number of ether oxygens (including phenoxy) is 1. The molecular formula is C22H24N2O5S. The minimum atomic E-state index is -3.86. The van der Waals surface area contributed by atoms with Crippen LogP contribution in [0, 0.1) is 27.7 Å². The second kappa shape index (κ2) is 8.23. The molecule has 7 nitrogen and oxygen atoms in total. The summed E-state index contributed by atoms with van der Waals surface area (Å²) >= 11 is 0. The van der Waals surface area contributed by atoms with Crippen molar-refractivity contribution < 1.29 is 22.4 Å². The molecule has 0 atom stereocenters. The first-order valence-electron chi connectivity index (χ1n) is 9.28. The normalized spacial score (nSPS) is 11.2. The zero-order valence-electron chi connectivity index (χ0n) is 17.5. The van der Waals surface area contributed by atoms with Crippen LogP contribution in [0.25, 0.3) is 0 Å². The van der Waals surface area contributed by atoms with Crippen LogP contribution in [0.3, 0.4) is 0 Å². The minimum absolute atomic E-state index is 0.0768. The number of hydrogen-bond donors (Lipinski definition) is 2. The minimum Gasteiger partial charge on any atom is -0.497 e. The molecule has 0 spiro atoms. The van der Waals surface area contributed by atoms with Gasteiger partial charge in [0.1, 0.15) is 17.3 Å². The summed E-state index contributed by atoms with van der Waals surface area (Å²) in [6, 6.07) is 11.3. The third kappa shape index (κ3) is 4.33. The van der Waals surface area contributed by atoms with Gasteiger partial charge in [0.15, 0.2) is 0 Å². The summed E-state index contributed by atoms with van der Waals surface area (Å²) in [4.78, 5) is 12.8. The van der Waals surface area contributed by atoms with Crippen LogP contribution in [0.1, 0.15) is 33.0 Å². The lowest BCUT2D eigenvalue weighted by molar-refractivity contribution is 0.102. The van der Waals surface area contributed by atoms with Crippen molar-refractivity contribution in [2.45, 2.75) is 32.6 Å². The summed E-state index contributed by atoms with van der Waals surface area (Å²) in [6.07, 6.45) is 0. The molecule has 8 heteroatoms. The second-order valence-electron chi connectivity index (χ2n) is 6.98. The van der Waals surface area contributed by atoms with Crippen LogP contribution in [0.4, 0.5) is 11.4 Å². The van der Waals surface area contributed by atoms with Gasteiger partial charge >= 0.3 is 0 Å². The maximum Gasteiger partial charge on any atom is 0.262 e. The Bertz CT molecular complexity index is 1200. The van der Waals surface area contributed by atoms with Crippen LogP contribution in [-0.2, 0) is 10.0 Å². The fourth-order valence-corrected chi connectivity index (χ4v) is 4.49. The van der Waals surface area contributed by atoms with E-state index in [1.165, 1.54) is 13.2 Å². The van der Waals surface area contributed by atoms with E-state index in [9.17, 15) is 13.2 Å². The Morgan fingerprint density at radius 3 is 2.13 bits per heavy atom. The Morgan fingerprint density at radius 1 is 0.933 bits per heavy atom. The lowest BCUT2D eigenvalue weighted by atomic mass is 10.1. The SMILES string of the molecule is COc1ccc(NS(=O)(=O)c2cc(NC(=O)c3c(C)oc(C)c3C)ccc2C)cc1. The summed E-state index contributed by atoms with van der Waals surface area (Å²) in [5.41, 5.74) is 2.55. The number of rotatable bonds is 6. The van der Waals surface area contributed by atoms with E-state index in [1.54, 1.807) is 57.2 Å². The van der Waals surface area contributed by atoms with Gasteiger partial charge in [-0.1, -0.05) is 6.07 Å². The van der Waals surface area contributed by atoms with Gasteiger partial charge in [0.05, 0.1) is 17.6 Å². The van der Waals surface area contributed by atoms with Crippen molar-refractivity contribution in [1.82, 2.24) is 0 Å². The molecule has 1 amide bonds. The number of sulfonamides is 1. The van der Waals surface area contributed by atoms with Crippen LogP contribution in [0.2, 0.25) is 0 Å². The van der Waals surface area contributed by atoms with Gasteiger partial charge in [0.2, 0.25) is 0 Å². The van der Waals surface area contributed by atoms with E-state index in [1.807, 2.05) is 6.92 Å². The van der Waals surface area contributed by atoms with Crippen LogP contribution in [0.5, 0.6) is 5.75 Å². The molecule has 1 heterocycles. The predicted molar refractivity (Wildman–Crippen MR) is 116 cm³/mol. The molecule has 2 N–H and O–H groups in total. The Hall–Kier alpha value is -3.26. The molecule has 30 heavy (non-hydrogen) atoms. The van der Waals surface area contributed by atoms with E-state index < -0.39 is 10.0 Å². The van der Waals surface area contributed by atoms with Gasteiger partial charge in [0.25, 0.3) is 15.9 Å². The Labute approximate surface area is 176 Å². The van der Waals surface area contributed by atoms with E-state index in [-0.39, 0.29) is 10.8 Å². The third-order valence-corrected chi connectivity index (χ3v) is 6.39. The molecule has 1 aromatic heterocycles. The van der Waals surface area contributed by atoms with Crippen molar-refractivity contribution in [3.8, 4) is 5.75 Å². The number of amides is 1. The maximum atomic E-state index is 12.9. The van der Waals surface area contributed by atoms with E-state index in [4.69, 9.17) is 9.15 Å². The molecule has 0 aliphatic rings. The molecule has 0 unspecified atom stereocenters. The average Bonchev–Trinajstić information content (AvgIpc) is 2.95. The van der Waals surface area contributed by atoms with Gasteiger partial charge in [-0.2, -0.15) is 0 Å². The fraction of sp³-hybridized carbons (Fsp3) is 0.227. The molecule has 3 aromatic rings. The highest BCUT2D eigenvalue weighted by molar-refractivity contribution is 7.92. The van der Waals surface area contributed by atoms with E-state index in [0.29, 0.717) is 39.8 Å². The molecule has 3 rings (SSSR count). The van der Waals surface area contributed by atoms with E-state index in [2.05, 4.69) is 10.0 Å². The van der Waals surface area contributed by atoms with Crippen molar-refractivity contribution in [2.24, 2.45) is 0 Å². The molecule has 0 aliphatic carbocycles. The molecule has 0 saturated heterocycles. The van der Waals surface area contributed by atoms with Gasteiger partial charge in [-0.3, -0.25) is 9.52 Å². The molecule has 0 saturated carbocycles. The fourth-order valence-electron chi connectivity index (χ4n) is 3.16. The third-order valence-electron chi connectivity index (χ3n) is 4.87. The van der Waals surface area contributed by atoms with Crippen LogP contribution in [0.15, 0.2) is 51.8 Å². The van der Waals surface area contributed by atoms with Crippen LogP contribution in [-0.4, -0.2) is 21.4 Å². The Morgan fingerprint density at radius 2 is 1.57 bits per heavy atom. The number of aryl methyl sites for hydroxylation is 3. The zero-order valence-corrected chi connectivity index (χ0v) is 18.3. The number of furan rings is 1. The van der Waals surface area contributed by atoms with Crippen molar-refractivity contribution >= 4 is 27.3 Å². The summed E-state index contributed by atoms with van der Waals surface area (Å²) < 4.78 is 39.0. The topological polar surface area (TPSA) is 97.6 Å².